The van der Waals surface area contributed by atoms with Crippen molar-refractivity contribution in [1.82, 2.24) is 0 Å². The summed E-state index contributed by atoms with van der Waals surface area (Å²) in [4.78, 5) is 0.852. The Morgan fingerprint density at radius 1 is 1.40 bits per heavy atom. The van der Waals surface area contributed by atoms with E-state index in [1.165, 1.54) is 11.8 Å². The molecule has 0 saturated carbocycles. The van der Waals surface area contributed by atoms with Gasteiger partial charge in [-0.1, -0.05) is 12.1 Å². The van der Waals surface area contributed by atoms with Crippen LogP contribution in [0, 0.1) is 0 Å². The van der Waals surface area contributed by atoms with Crippen molar-refractivity contribution in [2.45, 2.75) is 10.6 Å². The maximum absolute atomic E-state index is 11.9. The summed E-state index contributed by atoms with van der Waals surface area (Å²) < 4.78 is 33.6. The number of alkyl halides is 1. The summed E-state index contributed by atoms with van der Waals surface area (Å²) in [6.45, 7) is -0.400. The first kappa shape index (κ1) is 12.8. The van der Waals surface area contributed by atoms with Crippen LogP contribution in [0.3, 0.4) is 0 Å². The molecule has 0 atom stereocenters. The van der Waals surface area contributed by atoms with Crippen LogP contribution in [0.2, 0.25) is 0 Å². The van der Waals surface area contributed by atoms with Gasteiger partial charge in [-0.05, 0) is 17.7 Å². The Kier molecular flexibility index (Phi) is 4.89. The van der Waals surface area contributed by atoms with E-state index >= 15 is 0 Å². The summed E-state index contributed by atoms with van der Waals surface area (Å²) in [6.07, 6.45) is 0. The predicted octanol–water partition coefficient (Wildman–Crippen LogP) is 2.82. The van der Waals surface area contributed by atoms with Crippen molar-refractivity contribution in [3.05, 3.63) is 29.8 Å². The number of rotatable bonds is 5. The molecule has 0 fully saturated rings. The SMILES string of the molecule is O=S(=O)(Cl)Cc1cccc(SCCF)c1. The normalized spacial score (nSPS) is 11.6. The third-order valence-corrected chi connectivity index (χ3v) is 3.53. The fourth-order valence-corrected chi connectivity index (χ4v) is 2.76. The van der Waals surface area contributed by atoms with Crippen LogP contribution in [-0.4, -0.2) is 20.8 Å². The van der Waals surface area contributed by atoms with E-state index in [-0.39, 0.29) is 5.75 Å². The Labute approximate surface area is 97.2 Å². The second kappa shape index (κ2) is 5.72. The molecule has 0 N–H and O–H groups in total. The van der Waals surface area contributed by atoms with Gasteiger partial charge in [-0.15, -0.1) is 11.8 Å². The molecule has 1 aromatic carbocycles. The largest absolute Gasteiger partial charge is 0.250 e. The second-order valence-corrected chi connectivity index (χ2v) is 6.81. The van der Waals surface area contributed by atoms with Gasteiger partial charge in [0.05, 0.1) is 12.4 Å². The van der Waals surface area contributed by atoms with Crippen LogP contribution >= 0.6 is 22.4 Å². The van der Waals surface area contributed by atoms with E-state index in [0.717, 1.165) is 4.90 Å². The molecule has 0 bridgehead atoms. The van der Waals surface area contributed by atoms with E-state index in [9.17, 15) is 12.8 Å². The molecule has 0 aliphatic rings. The average Bonchev–Trinajstić information content (AvgIpc) is 2.12. The van der Waals surface area contributed by atoms with Crippen molar-refractivity contribution >= 4 is 31.5 Å². The quantitative estimate of drug-likeness (QED) is 0.608. The van der Waals surface area contributed by atoms with Gasteiger partial charge in [0.15, 0.2) is 0 Å². The van der Waals surface area contributed by atoms with Crippen LogP contribution in [0.1, 0.15) is 5.56 Å². The van der Waals surface area contributed by atoms with Crippen LogP contribution in [0.4, 0.5) is 4.39 Å². The molecule has 0 aliphatic carbocycles. The molecule has 1 rings (SSSR count). The summed E-state index contributed by atoms with van der Waals surface area (Å²) >= 11 is 1.35. The highest BCUT2D eigenvalue weighted by molar-refractivity contribution is 8.13. The van der Waals surface area contributed by atoms with E-state index in [2.05, 4.69) is 0 Å². The third kappa shape index (κ3) is 5.39. The molecular weight excluding hydrogens is 259 g/mol. The maximum atomic E-state index is 11.9. The van der Waals surface area contributed by atoms with Crippen molar-refractivity contribution in [1.29, 1.82) is 0 Å². The smallest absolute Gasteiger partial charge is 0.236 e. The van der Waals surface area contributed by atoms with Crippen molar-refractivity contribution in [2.24, 2.45) is 0 Å². The summed E-state index contributed by atoms with van der Waals surface area (Å²) in [7, 11) is 1.60. The van der Waals surface area contributed by atoms with Crippen LogP contribution in [0.5, 0.6) is 0 Å². The lowest BCUT2D eigenvalue weighted by Gasteiger charge is -2.02. The minimum absolute atomic E-state index is 0.196. The lowest BCUT2D eigenvalue weighted by Crippen LogP contribution is -1.95. The Morgan fingerprint density at radius 3 is 2.73 bits per heavy atom. The van der Waals surface area contributed by atoms with Gasteiger partial charge in [-0.3, -0.25) is 4.39 Å². The lowest BCUT2D eigenvalue weighted by atomic mass is 10.2. The van der Waals surface area contributed by atoms with Gasteiger partial charge in [0.1, 0.15) is 0 Å². The monoisotopic (exact) mass is 268 g/mol. The molecule has 2 nitrogen and oxygen atoms in total. The molecule has 15 heavy (non-hydrogen) atoms. The number of halogens is 2. The van der Waals surface area contributed by atoms with Crippen LogP contribution in [-0.2, 0) is 14.8 Å². The third-order valence-electron chi connectivity index (χ3n) is 1.58. The first-order valence-corrected chi connectivity index (χ1v) is 7.68. The van der Waals surface area contributed by atoms with E-state index in [1.54, 1.807) is 18.2 Å². The number of benzene rings is 1. The van der Waals surface area contributed by atoms with E-state index in [4.69, 9.17) is 10.7 Å². The molecule has 6 heteroatoms. The second-order valence-electron chi connectivity index (χ2n) is 2.87. The first-order valence-electron chi connectivity index (χ1n) is 4.21. The van der Waals surface area contributed by atoms with Crippen molar-refractivity contribution < 1.29 is 12.8 Å². The minimum atomic E-state index is -3.53. The molecule has 1 aromatic rings. The van der Waals surface area contributed by atoms with E-state index in [1.807, 2.05) is 6.07 Å². The highest BCUT2D eigenvalue weighted by Crippen LogP contribution is 2.20. The van der Waals surface area contributed by atoms with Gasteiger partial charge in [0.2, 0.25) is 9.05 Å². The molecule has 84 valence electrons. The highest BCUT2D eigenvalue weighted by atomic mass is 35.7. The molecule has 0 saturated heterocycles. The molecule has 0 spiro atoms. The fraction of sp³-hybridized carbons (Fsp3) is 0.333. The summed E-state index contributed by atoms with van der Waals surface area (Å²) in [6, 6.07) is 6.93. The van der Waals surface area contributed by atoms with Crippen molar-refractivity contribution in [3.8, 4) is 0 Å². The van der Waals surface area contributed by atoms with Crippen LogP contribution < -0.4 is 0 Å². The molecular formula is C9H10ClFO2S2. The molecule has 0 heterocycles. The molecule has 0 aliphatic heterocycles. The van der Waals surface area contributed by atoms with Gasteiger partial charge in [-0.25, -0.2) is 8.42 Å². The van der Waals surface area contributed by atoms with E-state index < -0.39 is 15.7 Å². The number of thioether (sulfide) groups is 1. The van der Waals surface area contributed by atoms with Gasteiger partial charge >= 0.3 is 0 Å². The Morgan fingerprint density at radius 2 is 2.13 bits per heavy atom. The highest BCUT2D eigenvalue weighted by Gasteiger charge is 2.07. The molecule has 0 amide bonds. The Hall–Kier alpha value is -0.260. The summed E-state index contributed by atoms with van der Waals surface area (Å²) in [5, 5.41) is 0. The zero-order valence-electron chi connectivity index (χ0n) is 7.82. The number of hydrogen-bond acceptors (Lipinski definition) is 3. The standard InChI is InChI=1S/C9H10ClFO2S2/c10-15(12,13)7-8-2-1-3-9(6-8)14-5-4-11/h1-3,6H,4-5,7H2. The molecule has 0 radical (unpaired) electrons. The minimum Gasteiger partial charge on any atom is -0.250 e. The zero-order valence-corrected chi connectivity index (χ0v) is 10.2. The Balaban J connectivity index is 2.74. The van der Waals surface area contributed by atoms with Gasteiger partial charge in [0.25, 0.3) is 0 Å². The predicted molar refractivity (Wildman–Crippen MR) is 61.6 cm³/mol. The van der Waals surface area contributed by atoms with Crippen LogP contribution in [0.25, 0.3) is 0 Å². The number of hydrogen-bond donors (Lipinski definition) is 0. The lowest BCUT2D eigenvalue weighted by molar-refractivity contribution is 0.533. The van der Waals surface area contributed by atoms with E-state index in [0.29, 0.717) is 11.3 Å². The van der Waals surface area contributed by atoms with Gasteiger partial charge < -0.3 is 0 Å². The molecule has 0 aromatic heterocycles. The molecule has 0 unspecified atom stereocenters. The topological polar surface area (TPSA) is 34.1 Å². The Bertz CT molecular complexity index is 420. The zero-order chi connectivity index (χ0) is 11.3. The van der Waals surface area contributed by atoms with Gasteiger partial charge in [-0.2, -0.15) is 0 Å². The van der Waals surface area contributed by atoms with Crippen molar-refractivity contribution in [3.63, 3.8) is 0 Å². The van der Waals surface area contributed by atoms with Crippen molar-refractivity contribution in [2.75, 3.05) is 12.4 Å². The summed E-state index contributed by atoms with van der Waals surface area (Å²) in [5.41, 5.74) is 0.619. The summed E-state index contributed by atoms with van der Waals surface area (Å²) in [5.74, 6) is 0.176. The first-order chi connectivity index (χ1) is 7.01. The van der Waals surface area contributed by atoms with Gasteiger partial charge in [0, 0.05) is 21.3 Å². The average molecular weight is 269 g/mol. The maximum Gasteiger partial charge on any atom is 0.236 e. The van der Waals surface area contributed by atoms with Crippen LogP contribution in [0.15, 0.2) is 29.2 Å². The fourth-order valence-electron chi connectivity index (χ4n) is 1.08.